The van der Waals surface area contributed by atoms with Gasteiger partial charge in [0.2, 0.25) is 5.91 Å². The molecule has 1 aromatic rings. The molecule has 3 amide bonds. The van der Waals surface area contributed by atoms with Crippen molar-refractivity contribution in [2.45, 2.75) is 52.6 Å². The SMILES string of the molecule is CCCN(C)C(=O)CCc1ccc2c(c1)CN(C(=O)NC(C)C)CCO2. The van der Waals surface area contributed by atoms with Gasteiger partial charge in [0, 0.05) is 31.6 Å². The zero-order valence-corrected chi connectivity index (χ0v) is 16.4. The molecule has 1 heterocycles. The summed E-state index contributed by atoms with van der Waals surface area (Å²) in [5.41, 5.74) is 2.09. The Morgan fingerprint density at radius 2 is 2.12 bits per heavy atom. The minimum absolute atomic E-state index is 0.0711. The molecule has 0 saturated carbocycles. The molecule has 0 aliphatic carbocycles. The maximum atomic E-state index is 12.3. The van der Waals surface area contributed by atoms with Gasteiger partial charge in [0.15, 0.2) is 0 Å². The fraction of sp³-hybridized carbons (Fsp3) is 0.600. The van der Waals surface area contributed by atoms with E-state index >= 15 is 0 Å². The van der Waals surface area contributed by atoms with Gasteiger partial charge in [-0.1, -0.05) is 19.1 Å². The number of fused-ring (bicyclic) bond motifs is 1. The Morgan fingerprint density at radius 3 is 2.81 bits per heavy atom. The van der Waals surface area contributed by atoms with Crippen LogP contribution in [0.3, 0.4) is 0 Å². The van der Waals surface area contributed by atoms with Crippen LogP contribution in [-0.4, -0.2) is 54.5 Å². The number of aryl methyl sites for hydroxylation is 1. The molecular formula is C20H31N3O3. The predicted octanol–water partition coefficient (Wildman–Crippen LogP) is 2.80. The molecular weight excluding hydrogens is 330 g/mol. The molecule has 0 atom stereocenters. The van der Waals surface area contributed by atoms with E-state index in [2.05, 4.69) is 18.3 Å². The van der Waals surface area contributed by atoms with E-state index in [1.807, 2.05) is 33.0 Å². The molecule has 1 N–H and O–H groups in total. The number of amides is 3. The van der Waals surface area contributed by atoms with E-state index in [0.717, 1.165) is 29.8 Å². The maximum absolute atomic E-state index is 12.3. The Bertz CT molecular complexity index is 631. The zero-order chi connectivity index (χ0) is 19.1. The van der Waals surface area contributed by atoms with Crippen molar-refractivity contribution in [2.75, 3.05) is 26.7 Å². The molecule has 0 unspecified atom stereocenters. The van der Waals surface area contributed by atoms with Crippen molar-refractivity contribution in [3.8, 4) is 5.75 Å². The average Bonchev–Trinajstić information content (AvgIpc) is 2.81. The molecule has 0 fully saturated rings. The second-order valence-electron chi connectivity index (χ2n) is 7.13. The molecule has 0 aromatic heterocycles. The van der Waals surface area contributed by atoms with Crippen LogP contribution >= 0.6 is 0 Å². The number of rotatable bonds is 6. The quantitative estimate of drug-likeness (QED) is 0.847. The fourth-order valence-electron chi connectivity index (χ4n) is 3.02. The molecule has 0 spiro atoms. The number of nitrogens with zero attached hydrogens (tertiary/aromatic N) is 2. The number of hydrogen-bond donors (Lipinski definition) is 1. The Morgan fingerprint density at radius 1 is 1.35 bits per heavy atom. The normalized spacial score (nSPS) is 13.7. The number of nitrogens with one attached hydrogen (secondary N) is 1. The molecule has 0 saturated heterocycles. The number of carbonyl (C=O) groups is 2. The Kier molecular flexibility index (Phi) is 7.30. The van der Waals surface area contributed by atoms with Crippen LogP contribution in [0.5, 0.6) is 5.75 Å². The smallest absolute Gasteiger partial charge is 0.318 e. The van der Waals surface area contributed by atoms with Gasteiger partial charge in [-0.25, -0.2) is 4.79 Å². The van der Waals surface area contributed by atoms with Gasteiger partial charge >= 0.3 is 6.03 Å². The van der Waals surface area contributed by atoms with Crippen LogP contribution in [0.2, 0.25) is 0 Å². The topological polar surface area (TPSA) is 61.9 Å². The molecule has 1 aromatic carbocycles. The standard InChI is InChI=1S/C20H31N3O3/c1-5-10-22(4)19(24)9-7-16-6-8-18-17(13-16)14-23(11-12-26-18)20(25)21-15(2)3/h6,8,13,15H,5,7,9-12,14H2,1-4H3,(H,21,25). The lowest BCUT2D eigenvalue weighted by Crippen LogP contribution is -2.43. The number of benzene rings is 1. The zero-order valence-electron chi connectivity index (χ0n) is 16.4. The number of ether oxygens (including phenoxy) is 1. The van der Waals surface area contributed by atoms with Crippen LogP contribution < -0.4 is 10.1 Å². The van der Waals surface area contributed by atoms with Crippen molar-refractivity contribution in [3.63, 3.8) is 0 Å². The third-order valence-electron chi connectivity index (χ3n) is 4.42. The molecule has 6 nitrogen and oxygen atoms in total. The average molecular weight is 361 g/mol. The summed E-state index contributed by atoms with van der Waals surface area (Å²) < 4.78 is 5.79. The van der Waals surface area contributed by atoms with Crippen LogP contribution in [0.25, 0.3) is 0 Å². The third-order valence-corrected chi connectivity index (χ3v) is 4.42. The summed E-state index contributed by atoms with van der Waals surface area (Å²) in [4.78, 5) is 28.0. The summed E-state index contributed by atoms with van der Waals surface area (Å²) in [5.74, 6) is 0.985. The number of urea groups is 1. The molecule has 26 heavy (non-hydrogen) atoms. The summed E-state index contributed by atoms with van der Waals surface area (Å²) in [6, 6.07) is 6.05. The van der Waals surface area contributed by atoms with E-state index in [1.165, 1.54) is 0 Å². The first-order valence-electron chi connectivity index (χ1n) is 9.44. The van der Waals surface area contributed by atoms with Crippen molar-refractivity contribution in [1.82, 2.24) is 15.1 Å². The summed E-state index contributed by atoms with van der Waals surface area (Å²) in [6.45, 7) is 8.32. The minimum atomic E-state index is -0.0711. The summed E-state index contributed by atoms with van der Waals surface area (Å²) >= 11 is 0. The van der Waals surface area contributed by atoms with Gasteiger partial charge in [0.1, 0.15) is 12.4 Å². The highest BCUT2D eigenvalue weighted by Gasteiger charge is 2.20. The summed E-state index contributed by atoms with van der Waals surface area (Å²) in [6.07, 6.45) is 2.15. The molecule has 0 bridgehead atoms. The fourth-order valence-corrected chi connectivity index (χ4v) is 3.02. The van der Waals surface area contributed by atoms with Crippen molar-refractivity contribution < 1.29 is 14.3 Å². The van der Waals surface area contributed by atoms with Gasteiger partial charge < -0.3 is 19.9 Å². The monoisotopic (exact) mass is 361 g/mol. The van der Waals surface area contributed by atoms with Gasteiger partial charge in [0.25, 0.3) is 0 Å². The van der Waals surface area contributed by atoms with E-state index in [0.29, 0.717) is 32.5 Å². The highest BCUT2D eigenvalue weighted by Crippen LogP contribution is 2.25. The first-order chi connectivity index (χ1) is 12.4. The van der Waals surface area contributed by atoms with Crippen LogP contribution in [0.4, 0.5) is 4.79 Å². The van der Waals surface area contributed by atoms with E-state index in [4.69, 9.17) is 4.74 Å². The largest absolute Gasteiger partial charge is 0.491 e. The number of hydrogen-bond acceptors (Lipinski definition) is 3. The summed E-state index contributed by atoms with van der Waals surface area (Å²) in [5, 5.41) is 2.93. The van der Waals surface area contributed by atoms with E-state index in [9.17, 15) is 9.59 Å². The molecule has 2 rings (SSSR count). The lowest BCUT2D eigenvalue weighted by atomic mass is 10.0. The van der Waals surface area contributed by atoms with Crippen LogP contribution in [-0.2, 0) is 17.8 Å². The maximum Gasteiger partial charge on any atom is 0.318 e. The number of carbonyl (C=O) groups excluding carboxylic acids is 2. The highest BCUT2D eigenvalue weighted by molar-refractivity contribution is 5.76. The summed E-state index contributed by atoms with van der Waals surface area (Å²) in [7, 11) is 1.85. The lowest BCUT2D eigenvalue weighted by Gasteiger charge is -2.22. The van der Waals surface area contributed by atoms with E-state index in [1.54, 1.807) is 9.80 Å². The van der Waals surface area contributed by atoms with Crippen molar-refractivity contribution in [2.24, 2.45) is 0 Å². The van der Waals surface area contributed by atoms with Crippen molar-refractivity contribution in [1.29, 1.82) is 0 Å². The van der Waals surface area contributed by atoms with E-state index < -0.39 is 0 Å². The molecule has 6 heteroatoms. The Balaban J connectivity index is 2.03. The van der Waals surface area contributed by atoms with Gasteiger partial charge in [-0.3, -0.25) is 4.79 Å². The van der Waals surface area contributed by atoms with Crippen molar-refractivity contribution in [3.05, 3.63) is 29.3 Å². The molecule has 1 aliphatic rings. The Hall–Kier alpha value is -2.24. The lowest BCUT2D eigenvalue weighted by molar-refractivity contribution is -0.129. The Labute approximate surface area is 156 Å². The second kappa shape index (κ2) is 9.46. The van der Waals surface area contributed by atoms with Crippen LogP contribution in [0.1, 0.15) is 44.7 Å². The van der Waals surface area contributed by atoms with Gasteiger partial charge in [-0.2, -0.15) is 0 Å². The van der Waals surface area contributed by atoms with E-state index in [-0.39, 0.29) is 18.0 Å². The predicted molar refractivity (Wildman–Crippen MR) is 102 cm³/mol. The second-order valence-corrected chi connectivity index (χ2v) is 7.13. The molecule has 144 valence electrons. The van der Waals surface area contributed by atoms with Crippen molar-refractivity contribution >= 4 is 11.9 Å². The first-order valence-corrected chi connectivity index (χ1v) is 9.44. The molecule has 0 radical (unpaired) electrons. The highest BCUT2D eigenvalue weighted by atomic mass is 16.5. The van der Waals surface area contributed by atoms with Gasteiger partial charge in [-0.05, 0) is 38.3 Å². The molecule has 1 aliphatic heterocycles. The minimum Gasteiger partial charge on any atom is -0.491 e. The van der Waals surface area contributed by atoms with Gasteiger partial charge in [0.05, 0.1) is 13.1 Å². The van der Waals surface area contributed by atoms with Crippen LogP contribution in [0.15, 0.2) is 18.2 Å². The third kappa shape index (κ3) is 5.64. The van der Waals surface area contributed by atoms with Crippen LogP contribution in [0, 0.1) is 0 Å². The van der Waals surface area contributed by atoms with Gasteiger partial charge in [-0.15, -0.1) is 0 Å². The first kappa shape index (κ1) is 20.1.